The van der Waals surface area contributed by atoms with Crippen molar-refractivity contribution in [3.05, 3.63) is 125 Å². The number of hydrogen-bond acceptors (Lipinski definition) is 8. The molecule has 3 N–H and O–H groups in total. The van der Waals surface area contributed by atoms with Crippen LogP contribution in [-0.2, 0) is 6.61 Å². The summed E-state index contributed by atoms with van der Waals surface area (Å²) in [5, 5.41) is 11.4. The molecule has 0 fully saturated rings. The highest BCUT2D eigenvalue weighted by Gasteiger charge is 2.07. The standard InChI is InChI=1S/C29H24ClN7O/c30-26-14-8-7-9-22(26)20-38-25-17-15-21(16-18-25)19-31-37-29-35-27(32-23-10-3-1-4-11-23)34-28(36-29)33-24-12-5-2-6-13-24/h1-19H,20H2,(H3,32,33,34,35,36,37)/b31-19+. The number of rotatable bonds is 10. The molecule has 1 aromatic heterocycles. The zero-order chi connectivity index (χ0) is 26.0. The number of hydrogen-bond donors (Lipinski definition) is 3. The topological polar surface area (TPSA) is 96.4 Å². The molecule has 0 unspecified atom stereocenters. The third kappa shape index (κ3) is 7.05. The normalized spacial score (nSPS) is 10.8. The van der Waals surface area contributed by atoms with Crippen molar-refractivity contribution < 1.29 is 4.74 Å². The average Bonchev–Trinajstić information content (AvgIpc) is 2.94. The number of hydrazone groups is 1. The van der Waals surface area contributed by atoms with Crippen LogP contribution < -0.4 is 20.8 Å². The molecule has 9 heteroatoms. The molecule has 188 valence electrons. The second kappa shape index (κ2) is 12.3. The van der Waals surface area contributed by atoms with E-state index in [2.05, 4.69) is 36.1 Å². The Morgan fingerprint density at radius 3 is 1.82 bits per heavy atom. The molecule has 4 aromatic carbocycles. The number of nitrogens with zero attached hydrogens (tertiary/aromatic N) is 4. The molecular formula is C29H24ClN7O. The van der Waals surface area contributed by atoms with Crippen LogP contribution >= 0.6 is 11.6 Å². The van der Waals surface area contributed by atoms with Gasteiger partial charge in [0.25, 0.3) is 0 Å². The summed E-state index contributed by atoms with van der Waals surface area (Å²) in [6, 6.07) is 34.5. The summed E-state index contributed by atoms with van der Waals surface area (Å²) < 4.78 is 5.84. The Morgan fingerprint density at radius 1 is 0.658 bits per heavy atom. The van der Waals surface area contributed by atoms with Crippen molar-refractivity contribution in [3.63, 3.8) is 0 Å². The van der Waals surface area contributed by atoms with Crippen LogP contribution in [0, 0.1) is 0 Å². The first-order valence-electron chi connectivity index (χ1n) is 11.9. The maximum Gasteiger partial charge on any atom is 0.250 e. The van der Waals surface area contributed by atoms with Crippen molar-refractivity contribution >= 4 is 47.0 Å². The Kier molecular flexibility index (Phi) is 8.03. The summed E-state index contributed by atoms with van der Waals surface area (Å²) in [5.41, 5.74) is 6.42. The minimum atomic E-state index is 0.285. The molecule has 8 nitrogen and oxygen atoms in total. The molecule has 0 bridgehead atoms. The molecular weight excluding hydrogens is 498 g/mol. The van der Waals surface area contributed by atoms with Gasteiger partial charge in [-0.3, -0.25) is 0 Å². The van der Waals surface area contributed by atoms with Crippen LogP contribution in [0.15, 0.2) is 114 Å². The summed E-state index contributed by atoms with van der Waals surface area (Å²) in [6.07, 6.45) is 1.68. The fourth-order valence-electron chi connectivity index (χ4n) is 3.43. The van der Waals surface area contributed by atoms with Gasteiger partial charge in [-0.05, 0) is 60.2 Å². The van der Waals surface area contributed by atoms with Crippen LogP contribution in [0.3, 0.4) is 0 Å². The Labute approximate surface area is 225 Å². The van der Waals surface area contributed by atoms with E-state index in [0.29, 0.717) is 23.5 Å². The molecule has 0 amide bonds. The van der Waals surface area contributed by atoms with Crippen molar-refractivity contribution in [3.8, 4) is 5.75 Å². The molecule has 0 aliphatic carbocycles. The van der Waals surface area contributed by atoms with Gasteiger partial charge in [0.2, 0.25) is 17.8 Å². The predicted octanol–water partition coefficient (Wildman–Crippen LogP) is 7.04. The van der Waals surface area contributed by atoms with E-state index in [1.807, 2.05) is 109 Å². The Balaban J connectivity index is 1.26. The van der Waals surface area contributed by atoms with E-state index in [1.54, 1.807) is 6.21 Å². The average molecular weight is 522 g/mol. The largest absolute Gasteiger partial charge is 0.489 e. The lowest BCUT2D eigenvalue weighted by Gasteiger charge is -2.10. The number of halogens is 1. The number of para-hydroxylation sites is 2. The quantitative estimate of drug-likeness (QED) is 0.134. The molecule has 38 heavy (non-hydrogen) atoms. The number of ether oxygens (including phenoxy) is 1. The number of aromatic nitrogens is 3. The Bertz CT molecular complexity index is 1440. The molecule has 0 atom stereocenters. The lowest BCUT2D eigenvalue weighted by molar-refractivity contribution is 0.306. The first-order chi connectivity index (χ1) is 18.7. The van der Waals surface area contributed by atoms with E-state index < -0.39 is 0 Å². The number of nitrogens with one attached hydrogen (secondary N) is 3. The van der Waals surface area contributed by atoms with Crippen LogP contribution in [0.4, 0.5) is 29.2 Å². The highest BCUT2D eigenvalue weighted by Crippen LogP contribution is 2.20. The summed E-state index contributed by atoms with van der Waals surface area (Å²) in [6.45, 7) is 0.396. The van der Waals surface area contributed by atoms with Crippen molar-refractivity contribution in [1.29, 1.82) is 0 Å². The Hall–Kier alpha value is -4.95. The van der Waals surface area contributed by atoms with Crippen LogP contribution in [0.2, 0.25) is 5.02 Å². The maximum absolute atomic E-state index is 6.20. The van der Waals surface area contributed by atoms with E-state index in [4.69, 9.17) is 16.3 Å². The van der Waals surface area contributed by atoms with Gasteiger partial charge < -0.3 is 15.4 Å². The van der Waals surface area contributed by atoms with Crippen molar-refractivity contribution in [2.75, 3.05) is 16.1 Å². The molecule has 0 aliphatic heterocycles. The van der Waals surface area contributed by atoms with Crippen molar-refractivity contribution in [2.24, 2.45) is 5.10 Å². The van der Waals surface area contributed by atoms with E-state index in [-0.39, 0.29) is 5.95 Å². The van der Waals surface area contributed by atoms with Gasteiger partial charge in [0.1, 0.15) is 12.4 Å². The second-order valence-corrected chi connectivity index (χ2v) is 8.51. The zero-order valence-corrected chi connectivity index (χ0v) is 21.0. The van der Waals surface area contributed by atoms with E-state index >= 15 is 0 Å². The number of benzene rings is 4. The van der Waals surface area contributed by atoms with Gasteiger partial charge >= 0.3 is 0 Å². The third-order valence-electron chi connectivity index (χ3n) is 5.31. The minimum Gasteiger partial charge on any atom is -0.489 e. The Morgan fingerprint density at radius 2 is 1.21 bits per heavy atom. The van der Waals surface area contributed by atoms with Crippen LogP contribution in [0.1, 0.15) is 11.1 Å². The summed E-state index contributed by atoms with van der Waals surface area (Å²) in [4.78, 5) is 13.4. The monoisotopic (exact) mass is 521 g/mol. The van der Waals surface area contributed by atoms with Crippen LogP contribution in [-0.4, -0.2) is 21.2 Å². The maximum atomic E-state index is 6.20. The molecule has 0 radical (unpaired) electrons. The van der Waals surface area contributed by atoms with Gasteiger partial charge in [-0.2, -0.15) is 20.1 Å². The lowest BCUT2D eigenvalue weighted by atomic mass is 10.2. The van der Waals surface area contributed by atoms with Gasteiger partial charge in [-0.15, -0.1) is 0 Å². The van der Waals surface area contributed by atoms with Gasteiger partial charge in [0.05, 0.1) is 6.21 Å². The van der Waals surface area contributed by atoms with Gasteiger partial charge in [-0.1, -0.05) is 66.2 Å². The first-order valence-corrected chi connectivity index (χ1v) is 12.2. The first kappa shape index (κ1) is 24.7. The van der Waals surface area contributed by atoms with Gasteiger partial charge in [0, 0.05) is 22.0 Å². The predicted molar refractivity (Wildman–Crippen MR) is 153 cm³/mol. The summed E-state index contributed by atoms with van der Waals surface area (Å²) >= 11 is 6.20. The molecule has 0 saturated carbocycles. The molecule has 0 spiro atoms. The zero-order valence-electron chi connectivity index (χ0n) is 20.3. The minimum absolute atomic E-state index is 0.285. The van der Waals surface area contributed by atoms with Crippen LogP contribution in [0.25, 0.3) is 0 Å². The second-order valence-electron chi connectivity index (χ2n) is 8.11. The van der Waals surface area contributed by atoms with Gasteiger partial charge in [0.15, 0.2) is 0 Å². The summed E-state index contributed by atoms with van der Waals surface area (Å²) in [7, 11) is 0. The SMILES string of the molecule is Clc1ccccc1COc1ccc(/C=N/Nc2nc(Nc3ccccc3)nc(Nc3ccccc3)n2)cc1. The van der Waals surface area contributed by atoms with Gasteiger partial charge in [-0.25, -0.2) is 5.43 Å². The fourth-order valence-corrected chi connectivity index (χ4v) is 3.62. The third-order valence-corrected chi connectivity index (χ3v) is 5.67. The van der Waals surface area contributed by atoms with E-state index in [1.165, 1.54) is 0 Å². The molecule has 0 aliphatic rings. The fraction of sp³-hybridized carbons (Fsp3) is 0.0345. The molecule has 5 rings (SSSR count). The highest BCUT2D eigenvalue weighted by molar-refractivity contribution is 6.31. The summed E-state index contributed by atoms with van der Waals surface area (Å²) in [5.74, 6) is 1.78. The lowest BCUT2D eigenvalue weighted by Crippen LogP contribution is -2.07. The molecule has 5 aromatic rings. The van der Waals surface area contributed by atoms with Crippen LogP contribution in [0.5, 0.6) is 5.75 Å². The van der Waals surface area contributed by atoms with E-state index in [0.717, 1.165) is 28.3 Å². The van der Waals surface area contributed by atoms with Crippen molar-refractivity contribution in [2.45, 2.75) is 6.61 Å². The smallest absolute Gasteiger partial charge is 0.250 e. The van der Waals surface area contributed by atoms with E-state index in [9.17, 15) is 0 Å². The molecule has 0 saturated heterocycles. The number of anilines is 5. The van der Waals surface area contributed by atoms with Crippen molar-refractivity contribution in [1.82, 2.24) is 15.0 Å². The molecule has 1 heterocycles. The highest BCUT2D eigenvalue weighted by atomic mass is 35.5.